The number of carbonyl (C=O) groups is 1. The van der Waals surface area contributed by atoms with Crippen LogP contribution >= 0.6 is 15.9 Å². The van der Waals surface area contributed by atoms with Crippen molar-refractivity contribution < 1.29 is 9.72 Å². The molecule has 0 aliphatic heterocycles. The Kier molecular flexibility index (Phi) is 4.14. The molecule has 1 N–H and O–H groups in total. The number of aryl methyl sites for hydroxylation is 1. The predicted molar refractivity (Wildman–Crippen MR) is 79.9 cm³/mol. The molecule has 1 amide bonds. The van der Waals surface area contributed by atoms with Gasteiger partial charge in [-0.3, -0.25) is 14.9 Å². The molecular weight excluding hydrogens is 324 g/mol. The lowest BCUT2D eigenvalue weighted by Crippen LogP contribution is -2.14. The summed E-state index contributed by atoms with van der Waals surface area (Å²) in [5, 5.41) is 13.6. The van der Waals surface area contributed by atoms with Gasteiger partial charge in [-0.25, -0.2) is 0 Å². The number of halogens is 1. The number of hydrogen-bond donors (Lipinski definition) is 1. The van der Waals surface area contributed by atoms with Crippen molar-refractivity contribution in [1.82, 2.24) is 0 Å². The summed E-state index contributed by atoms with van der Waals surface area (Å²) in [4.78, 5) is 22.5. The maximum Gasteiger partial charge on any atom is 0.282 e. The minimum absolute atomic E-state index is 0.0388. The lowest BCUT2D eigenvalue weighted by molar-refractivity contribution is -0.385. The Morgan fingerprint density at radius 2 is 1.95 bits per heavy atom. The van der Waals surface area contributed by atoms with E-state index in [0.29, 0.717) is 5.69 Å². The van der Waals surface area contributed by atoms with E-state index >= 15 is 0 Å². The summed E-state index contributed by atoms with van der Waals surface area (Å²) in [5.74, 6) is -0.501. The molecule has 0 radical (unpaired) electrons. The van der Waals surface area contributed by atoms with Gasteiger partial charge < -0.3 is 5.32 Å². The average molecular weight is 335 g/mol. The highest BCUT2D eigenvalue weighted by molar-refractivity contribution is 9.10. The van der Waals surface area contributed by atoms with Crippen LogP contribution in [0.2, 0.25) is 0 Å². The average Bonchev–Trinajstić information content (AvgIpc) is 2.42. The molecule has 2 rings (SSSR count). The Hall–Kier alpha value is -2.21. The van der Waals surface area contributed by atoms with Crippen molar-refractivity contribution in [3.63, 3.8) is 0 Å². The van der Waals surface area contributed by atoms with E-state index in [9.17, 15) is 14.9 Å². The van der Waals surface area contributed by atoms with Crippen molar-refractivity contribution in [2.75, 3.05) is 5.32 Å². The first-order valence-electron chi connectivity index (χ1n) is 5.80. The van der Waals surface area contributed by atoms with Crippen molar-refractivity contribution in [3.8, 4) is 0 Å². The number of para-hydroxylation sites is 1. The number of anilines is 1. The first kappa shape index (κ1) is 14.2. The zero-order valence-corrected chi connectivity index (χ0v) is 12.2. The molecule has 0 aromatic heterocycles. The molecular formula is C14H11BrN2O3. The van der Waals surface area contributed by atoms with Gasteiger partial charge >= 0.3 is 0 Å². The van der Waals surface area contributed by atoms with Gasteiger partial charge in [-0.05, 0) is 30.7 Å². The molecule has 2 aromatic carbocycles. The molecule has 0 saturated carbocycles. The zero-order valence-electron chi connectivity index (χ0n) is 10.6. The molecule has 0 atom stereocenters. The summed E-state index contributed by atoms with van der Waals surface area (Å²) < 4.78 is 0.820. The molecule has 0 saturated heterocycles. The normalized spacial score (nSPS) is 10.1. The Morgan fingerprint density at radius 1 is 1.25 bits per heavy atom. The lowest BCUT2D eigenvalue weighted by atomic mass is 10.1. The van der Waals surface area contributed by atoms with E-state index in [1.165, 1.54) is 18.2 Å². The highest BCUT2D eigenvalue weighted by Crippen LogP contribution is 2.23. The van der Waals surface area contributed by atoms with Gasteiger partial charge in [0, 0.05) is 16.2 Å². The molecule has 0 aliphatic rings. The van der Waals surface area contributed by atoms with E-state index in [1.807, 2.05) is 19.1 Å². The number of rotatable bonds is 3. The van der Waals surface area contributed by atoms with Crippen LogP contribution in [0.1, 0.15) is 15.9 Å². The second-order valence-corrected chi connectivity index (χ2v) is 5.10. The fourth-order valence-corrected chi connectivity index (χ4v) is 2.10. The van der Waals surface area contributed by atoms with E-state index < -0.39 is 10.8 Å². The highest BCUT2D eigenvalue weighted by Gasteiger charge is 2.19. The number of carbonyl (C=O) groups excluding carboxylic acids is 1. The largest absolute Gasteiger partial charge is 0.321 e. The van der Waals surface area contributed by atoms with Crippen LogP contribution in [0.3, 0.4) is 0 Å². The fraction of sp³-hybridized carbons (Fsp3) is 0.0714. The number of nitrogens with one attached hydrogen (secondary N) is 1. The molecule has 0 fully saturated rings. The van der Waals surface area contributed by atoms with Gasteiger partial charge in [0.1, 0.15) is 5.56 Å². The van der Waals surface area contributed by atoms with Crippen LogP contribution in [0.4, 0.5) is 11.4 Å². The van der Waals surface area contributed by atoms with Crippen molar-refractivity contribution in [1.29, 1.82) is 0 Å². The first-order chi connectivity index (χ1) is 9.49. The second-order valence-electron chi connectivity index (χ2n) is 4.19. The van der Waals surface area contributed by atoms with E-state index in [0.717, 1.165) is 10.0 Å². The summed E-state index contributed by atoms with van der Waals surface area (Å²) in [6, 6.07) is 11.3. The molecule has 0 aliphatic carbocycles. The third-order valence-corrected chi connectivity index (χ3v) is 3.29. The van der Waals surface area contributed by atoms with E-state index in [-0.39, 0.29) is 11.3 Å². The van der Waals surface area contributed by atoms with Gasteiger partial charge in [0.15, 0.2) is 0 Å². The molecule has 6 heteroatoms. The summed E-state index contributed by atoms with van der Waals surface area (Å²) in [6.07, 6.45) is 0. The predicted octanol–water partition coefficient (Wildman–Crippen LogP) is 3.92. The van der Waals surface area contributed by atoms with Crippen LogP contribution in [-0.2, 0) is 0 Å². The number of benzene rings is 2. The molecule has 2 aromatic rings. The quantitative estimate of drug-likeness (QED) is 0.683. The molecule has 0 bridgehead atoms. The minimum Gasteiger partial charge on any atom is -0.321 e. The fourth-order valence-electron chi connectivity index (χ4n) is 1.74. The first-order valence-corrected chi connectivity index (χ1v) is 6.59. The lowest BCUT2D eigenvalue weighted by Gasteiger charge is -2.09. The molecule has 0 heterocycles. The van der Waals surface area contributed by atoms with Crippen LogP contribution in [0.15, 0.2) is 46.9 Å². The van der Waals surface area contributed by atoms with Crippen molar-refractivity contribution in [2.24, 2.45) is 0 Å². The summed E-state index contributed by atoms with van der Waals surface area (Å²) in [6.45, 7) is 1.85. The summed E-state index contributed by atoms with van der Waals surface area (Å²) in [7, 11) is 0. The van der Waals surface area contributed by atoms with Gasteiger partial charge in [0.05, 0.1) is 4.92 Å². The number of nitro groups is 1. The highest BCUT2D eigenvalue weighted by atomic mass is 79.9. The van der Waals surface area contributed by atoms with Gasteiger partial charge in [-0.1, -0.05) is 34.1 Å². The van der Waals surface area contributed by atoms with Crippen LogP contribution < -0.4 is 5.32 Å². The maximum atomic E-state index is 12.2. The van der Waals surface area contributed by atoms with Crippen molar-refractivity contribution in [2.45, 2.75) is 6.92 Å². The van der Waals surface area contributed by atoms with Crippen molar-refractivity contribution >= 4 is 33.2 Å². The Balaban J connectivity index is 2.33. The number of hydrogen-bond acceptors (Lipinski definition) is 3. The Bertz CT molecular complexity index is 686. The van der Waals surface area contributed by atoms with E-state index in [1.54, 1.807) is 12.1 Å². The number of amides is 1. The summed E-state index contributed by atoms with van der Waals surface area (Å²) >= 11 is 3.32. The second kappa shape index (κ2) is 5.83. The third kappa shape index (κ3) is 3.03. The SMILES string of the molecule is Cc1ccc(Br)cc1NC(=O)c1ccccc1[N+](=O)[O-]. The molecule has 5 nitrogen and oxygen atoms in total. The minimum atomic E-state index is -0.567. The Labute approximate surface area is 123 Å². The Morgan fingerprint density at radius 3 is 2.65 bits per heavy atom. The van der Waals surface area contributed by atoms with Gasteiger partial charge in [0.2, 0.25) is 0 Å². The topological polar surface area (TPSA) is 72.2 Å². The van der Waals surface area contributed by atoms with Crippen molar-refractivity contribution in [3.05, 3.63) is 68.2 Å². The monoisotopic (exact) mass is 334 g/mol. The van der Waals surface area contributed by atoms with Gasteiger partial charge in [-0.2, -0.15) is 0 Å². The standard InChI is InChI=1S/C14H11BrN2O3/c1-9-6-7-10(15)8-12(9)16-14(18)11-4-2-3-5-13(11)17(19)20/h2-8H,1H3,(H,16,18). The van der Waals surface area contributed by atoms with E-state index in [2.05, 4.69) is 21.2 Å². The molecule has 20 heavy (non-hydrogen) atoms. The molecule has 0 spiro atoms. The van der Waals surface area contributed by atoms with Gasteiger partial charge in [-0.15, -0.1) is 0 Å². The smallest absolute Gasteiger partial charge is 0.282 e. The van der Waals surface area contributed by atoms with E-state index in [4.69, 9.17) is 0 Å². The van der Waals surface area contributed by atoms with Crippen LogP contribution in [0.25, 0.3) is 0 Å². The molecule has 102 valence electrons. The van der Waals surface area contributed by atoms with Crippen LogP contribution in [0, 0.1) is 17.0 Å². The number of nitrogens with zero attached hydrogens (tertiary/aromatic N) is 1. The summed E-state index contributed by atoms with van der Waals surface area (Å²) in [5.41, 5.74) is 1.32. The van der Waals surface area contributed by atoms with Crippen LogP contribution in [-0.4, -0.2) is 10.8 Å². The van der Waals surface area contributed by atoms with Gasteiger partial charge in [0.25, 0.3) is 11.6 Å². The maximum absolute atomic E-state index is 12.2. The zero-order chi connectivity index (χ0) is 14.7. The number of nitro benzene ring substituents is 1. The third-order valence-electron chi connectivity index (χ3n) is 2.79. The molecule has 0 unspecified atom stereocenters. The van der Waals surface area contributed by atoms with Crippen LogP contribution in [0.5, 0.6) is 0 Å².